The van der Waals surface area contributed by atoms with E-state index in [1.165, 1.54) is 33.8 Å². The first-order valence-electron chi connectivity index (χ1n) is 8.64. The lowest BCUT2D eigenvalue weighted by Gasteiger charge is -2.06. The zero-order chi connectivity index (χ0) is 18.4. The highest BCUT2D eigenvalue weighted by atomic mass is 16.5. The van der Waals surface area contributed by atoms with Gasteiger partial charge in [-0.05, 0) is 60.2 Å². The van der Waals surface area contributed by atoms with Crippen molar-refractivity contribution < 1.29 is 10.0 Å². The van der Waals surface area contributed by atoms with Crippen LogP contribution >= 0.6 is 0 Å². The monoisotopic (exact) mass is 349 g/mol. The molecule has 3 rings (SSSR count). The molecule has 0 atom stereocenters. The average Bonchev–Trinajstić information content (AvgIpc) is 3.03. The van der Waals surface area contributed by atoms with E-state index in [2.05, 4.69) is 41.5 Å². The van der Waals surface area contributed by atoms with Gasteiger partial charge in [-0.1, -0.05) is 36.4 Å². The van der Waals surface area contributed by atoms with Crippen molar-refractivity contribution >= 4 is 22.9 Å². The molecule has 2 aromatic carbocycles. The predicted octanol–water partition coefficient (Wildman–Crippen LogP) is 3.33. The third-order valence-corrected chi connectivity index (χ3v) is 4.26. The molecule has 0 aliphatic carbocycles. The van der Waals surface area contributed by atoms with Gasteiger partial charge in [-0.25, -0.2) is 5.48 Å². The highest BCUT2D eigenvalue weighted by Crippen LogP contribution is 2.17. The number of hydrogen-bond donors (Lipinski definition) is 4. The van der Waals surface area contributed by atoms with Crippen LogP contribution in [0.1, 0.15) is 22.4 Å². The second-order valence-corrected chi connectivity index (χ2v) is 6.35. The van der Waals surface area contributed by atoms with E-state index in [4.69, 9.17) is 5.21 Å². The molecule has 1 amide bonds. The molecule has 134 valence electrons. The van der Waals surface area contributed by atoms with E-state index >= 15 is 0 Å². The number of hydroxylamine groups is 1. The highest BCUT2D eigenvalue weighted by molar-refractivity contribution is 5.90. The second kappa shape index (κ2) is 8.47. The Kier molecular flexibility index (Phi) is 5.84. The van der Waals surface area contributed by atoms with Crippen molar-refractivity contribution in [3.8, 4) is 0 Å². The van der Waals surface area contributed by atoms with Crippen molar-refractivity contribution in [1.29, 1.82) is 0 Å². The summed E-state index contributed by atoms with van der Waals surface area (Å²) < 4.78 is 0. The van der Waals surface area contributed by atoms with E-state index in [1.807, 2.05) is 24.3 Å². The van der Waals surface area contributed by atoms with Gasteiger partial charge in [-0.3, -0.25) is 10.0 Å². The minimum Gasteiger partial charge on any atom is -0.359 e. The number of H-pyrrole nitrogens is 1. The minimum atomic E-state index is -0.538. The molecule has 0 unspecified atom stereocenters. The summed E-state index contributed by atoms with van der Waals surface area (Å²) in [6.45, 7) is 3.78. The molecule has 3 aromatic rings. The van der Waals surface area contributed by atoms with Gasteiger partial charge < -0.3 is 10.3 Å². The molecule has 0 saturated carbocycles. The summed E-state index contributed by atoms with van der Waals surface area (Å²) in [5, 5.41) is 13.2. The summed E-state index contributed by atoms with van der Waals surface area (Å²) in [4.78, 5) is 14.3. The van der Waals surface area contributed by atoms with Crippen LogP contribution in [0.25, 0.3) is 17.0 Å². The smallest absolute Gasteiger partial charge is 0.267 e. The maximum absolute atomic E-state index is 11.0. The molecule has 4 N–H and O–H groups in total. The van der Waals surface area contributed by atoms with Crippen molar-refractivity contribution in [1.82, 2.24) is 15.8 Å². The first kappa shape index (κ1) is 17.9. The summed E-state index contributed by atoms with van der Waals surface area (Å²) in [7, 11) is 0. The molecule has 1 heterocycles. The molecule has 0 bridgehead atoms. The summed E-state index contributed by atoms with van der Waals surface area (Å²) >= 11 is 0. The zero-order valence-electron chi connectivity index (χ0n) is 14.8. The van der Waals surface area contributed by atoms with Crippen molar-refractivity contribution in [2.24, 2.45) is 0 Å². The van der Waals surface area contributed by atoms with Crippen LogP contribution < -0.4 is 10.8 Å². The van der Waals surface area contributed by atoms with Gasteiger partial charge in [0.15, 0.2) is 0 Å². The maximum atomic E-state index is 11.0. The predicted molar refractivity (Wildman–Crippen MR) is 104 cm³/mol. The Morgan fingerprint density at radius 3 is 2.65 bits per heavy atom. The molecular formula is C21H23N3O2. The van der Waals surface area contributed by atoms with E-state index < -0.39 is 5.91 Å². The molecule has 0 radical (unpaired) electrons. The number of fused-ring (bicyclic) bond motifs is 1. The van der Waals surface area contributed by atoms with Crippen LogP contribution in [0.2, 0.25) is 0 Å². The van der Waals surface area contributed by atoms with E-state index in [-0.39, 0.29) is 0 Å². The van der Waals surface area contributed by atoms with E-state index in [0.29, 0.717) is 0 Å². The first-order valence-corrected chi connectivity index (χ1v) is 8.64. The summed E-state index contributed by atoms with van der Waals surface area (Å²) in [6, 6.07) is 16.7. The van der Waals surface area contributed by atoms with Gasteiger partial charge >= 0.3 is 0 Å². The van der Waals surface area contributed by atoms with Crippen molar-refractivity contribution in [3.63, 3.8) is 0 Å². The number of benzene rings is 2. The third-order valence-electron chi connectivity index (χ3n) is 4.26. The number of hydrogen-bond acceptors (Lipinski definition) is 3. The van der Waals surface area contributed by atoms with Crippen LogP contribution in [0.5, 0.6) is 0 Å². The molecule has 5 heteroatoms. The van der Waals surface area contributed by atoms with E-state index in [9.17, 15) is 4.79 Å². The van der Waals surface area contributed by atoms with Crippen LogP contribution in [0, 0.1) is 6.92 Å². The molecule has 1 aromatic heterocycles. The van der Waals surface area contributed by atoms with Gasteiger partial charge in [-0.15, -0.1) is 0 Å². The van der Waals surface area contributed by atoms with Crippen molar-refractivity contribution in [2.75, 3.05) is 6.54 Å². The Morgan fingerprint density at radius 1 is 1.12 bits per heavy atom. The highest BCUT2D eigenvalue weighted by Gasteiger charge is 2.00. The largest absolute Gasteiger partial charge is 0.359 e. The van der Waals surface area contributed by atoms with E-state index in [1.54, 1.807) is 11.6 Å². The second-order valence-electron chi connectivity index (χ2n) is 6.35. The molecule has 0 saturated heterocycles. The molecule has 26 heavy (non-hydrogen) atoms. The molecule has 0 spiro atoms. The first-order chi connectivity index (χ1) is 12.6. The standard InChI is InChI=1S/C21H23N3O2/c1-15-12-19-8-6-17(13-20(19)23-15)10-11-22-14-18-4-2-16(3-5-18)7-9-21(25)24-26/h2-9,12-13,22-23,26H,10-11,14H2,1H3,(H,24,25)/b9-7+. The van der Waals surface area contributed by atoms with Gasteiger partial charge in [0.05, 0.1) is 0 Å². The third kappa shape index (κ3) is 4.81. The number of aromatic amines is 1. The molecule has 0 aliphatic rings. The number of amides is 1. The van der Waals surface area contributed by atoms with E-state index in [0.717, 1.165) is 25.1 Å². The Hall–Kier alpha value is -2.89. The summed E-state index contributed by atoms with van der Waals surface area (Å²) in [6.07, 6.45) is 3.92. The van der Waals surface area contributed by atoms with Gasteiger partial charge in [0, 0.05) is 23.8 Å². The Bertz CT molecular complexity index is 911. The topological polar surface area (TPSA) is 77.2 Å². The SMILES string of the molecule is Cc1cc2ccc(CCNCc3ccc(/C=C/C(=O)NO)cc3)cc2[nH]1. The number of carbonyl (C=O) groups excluding carboxylic acids is 1. The fraction of sp³-hybridized carbons (Fsp3) is 0.190. The number of nitrogens with one attached hydrogen (secondary N) is 3. The normalized spacial score (nSPS) is 11.3. The van der Waals surface area contributed by atoms with Crippen LogP contribution in [0.4, 0.5) is 0 Å². The summed E-state index contributed by atoms with van der Waals surface area (Å²) in [5.41, 5.74) is 7.35. The number of carbonyl (C=O) groups is 1. The van der Waals surface area contributed by atoms with Crippen LogP contribution in [-0.4, -0.2) is 22.6 Å². The maximum Gasteiger partial charge on any atom is 0.267 e. The lowest BCUT2D eigenvalue weighted by atomic mass is 10.1. The van der Waals surface area contributed by atoms with Crippen LogP contribution in [0.15, 0.2) is 54.6 Å². The lowest BCUT2D eigenvalue weighted by molar-refractivity contribution is -0.124. The van der Waals surface area contributed by atoms with Gasteiger partial charge in [0.2, 0.25) is 0 Å². The van der Waals surface area contributed by atoms with Crippen LogP contribution in [-0.2, 0) is 17.8 Å². The van der Waals surface area contributed by atoms with Gasteiger partial charge in [-0.2, -0.15) is 0 Å². The molecule has 0 aliphatic heterocycles. The number of aryl methyl sites for hydroxylation is 1. The molecule has 0 fully saturated rings. The Labute approximate surface area is 152 Å². The fourth-order valence-electron chi connectivity index (χ4n) is 2.90. The lowest BCUT2D eigenvalue weighted by Crippen LogP contribution is -2.16. The Balaban J connectivity index is 1.46. The Morgan fingerprint density at radius 2 is 1.88 bits per heavy atom. The van der Waals surface area contributed by atoms with Gasteiger partial charge in [0.25, 0.3) is 5.91 Å². The van der Waals surface area contributed by atoms with Gasteiger partial charge in [0.1, 0.15) is 0 Å². The van der Waals surface area contributed by atoms with Crippen LogP contribution in [0.3, 0.4) is 0 Å². The minimum absolute atomic E-state index is 0.538. The number of rotatable bonds is 7. The molecular weight excluding hydrogens is 326 g/mol. The summed E-state index contributed by atoms with van der Waals surface area (Å²) in [5.74, 6) is -0.538. The van der Waals surface area contributed by atoms with Crippen molar-refractivity contribution in [3.05, 3.63) is 77.0 Å². The molecule has 5 nitrogen and oxygen atoms in total. The zero-order valence-corrected chi connectivity index (χ0v) is 14.8. The average molecular weight is 349 g/mol. The number of aromatic nitrogens is 1. The van der Waals surface area contributed by atoms with Crippen molar-refractivity contribution in [2.45, 2.75) is 19.9 Å². The quantitative estimate of drug-likeness (QED) is 0.229. The fourth-order valence-corrected chi connectivity index (χ4v) is 2.90.